The molecule has 0 saturated carbocycles. The molecule has 21 heavy (non-hydrogen) atoms. The van der Waals surface area contributed by atoms with E-state index in [2.05, 4.69) is 11.9 Å². The van der Waals surface area contributed by atoms with Gasteiger partial charge in [-0.05, 0) is 13.3 Å². The molecule has 1 fully saturated rings. The van der Waals surface area contributed by atoms with Gasteiger partial charge in [0.1, 0.15) is 5.82 Å². The van der Waals surface area contributed by atoms with Crippen molar-refractivity contribution < 1.29 is 24.4 Å². The number of ether oxygens (including phenoxy) is 1. The van der Waals surface area contributed by atoms with Crippen molar-refractivity contribution in [1.29, 1.82) is 0 Å². The van der Waals surface area contributed by atoms with E-state index < -0.39 is 11.6 Å². The first-order valence-corrected chi connectivity index (χ1v) is 6.83. The third kappa shape index (κ3) is 2.82. The molecule has 0 radical (unpaired) electrons. The van der Waals surface area contributed by atoms with E-state index in [0.717, 1.165) is 0 Å². The summed E-state index contributed by atoms with van der Waals surface area (Å²) in [4.78, 5) is 23.7. The number of carbonyl (C=O) groups is 1. The predicted molar refractivity (Wildman–Crippen MR) is 74.3 cm³/mol. The molecule has 1 saturated heterocycles. The molecule has 0 spiro atoms. The lowest BCUT2D eigenvalue weighted by Crippen LogP contribution is -2.54. The van der Waals surface area contributed by atoms with Crippen LogP contribution in [-0.4, -0.2) is 48.6 Å². The fraction of sp³-hybridized carbons (Fsp3) is 0.643. The fourth-order valence-corrected chi connectivity index (χ4v) is 2.73. The third-order valence-electron chi connectivity index (χ3n) is 4.13. The van der Waals surface area contributed by atoms with Gasteiger partial charge in [0.15, 0.2) is 6.23 Å². The zero-order chi connectivity index (χ0) is 15.6. The number of aliphatic hydroxyl groups is 1. The number of carbonyl (C=O) groups excluding carboxylic acids is 1. The number of hydrogen-bond donors (Lipinski definition) is 2. The number of hydrogen-bond acceptors (Lipinski definition) is 6. The molecule has 7 nitrogen and oxygen atoms in total. The zero-order valence-corrected chi connectivity index (χ0v) is 12.6. The molecule has 0 aliphatic carbocycles. The molecule has 118 valence electrons. The molecule has 7 heteroatoms. The van der Waals surface area contributed by atoms with Gasteiger partial charge < -0.3 is 20.1 Å². The van der Waals surface area contributed by atoms with Gasteiger partial charge in [-0.1, -0.05) is 13.5 Å². The highest BCUT2D eigenvalue weighted by Crippen LogP contribution is 2.42. The van der Waals surface area contributed by atoms with Crippen LogP contribution < -0.4 is 5.32 Å². The van der Waals surface area contributed by atoms with Crippen LogP contribution in [0.15, 0.2) is 24.2 Å². The highest BCUT2D eigenvalue weighted by molar-refractivity contribution is 5.94. The summed E-state index contributed by atoms with van der Waals surface area (Å²) in [5, 5.41) is 12.2. The third-order valence-corrected chi connectivity index (χ3v) is 4.13. The van der Waals surface area contributed by atoms with E-state index in [-0.39, 0.29) is 18.6 Å². The molecular weight excluding hydrogens is 276 g/mol. The Hall–Kier alpha value is -1.41. The smallest absolute Gasteiger partial charge is 0.253 e. The van der Waals surface area contributed by atoms with Gasteiger partial charge in [0.25, 0.3) is 5.91 Å². The second-order valence-corrected chi connectivity index (χ2v) is 5.53. The van der Waals surface area contributed by atoms with Crippen molar-refractivity contribution in [1.82, 2.24) is 10.2 Å². The summed E-state index contributed by atoms with van der Waals surface area (Å²) >= 11 is 0. The topological polar surface area (TPSA) is 80.3 Å². The van der Waals surface area contributed by atoms with Crippen LogP contribution in [0.3, 0.4) is 0 Å². The molecule has 1 amide bonds. The van der Waals surface area contributed by atoms with E-state index in [0.29, 0.717) is 24.4 Å². The monoisotopic (exact) mass is 298 g/mol. The number of amides is 1. The maximum Gasteiger partial charge on any atom is 0.253 e. The lowest BCUT2D eigenvalue weighted by atomic mass is 9.80. The first-order valence-electron chi connectivity index (χ1n) is 6.83. The zero-order valence-electron chi connectivity index (χ0n) is 12.6. The Labute approximate surface area is 124 Å². The average molecular weight is 298 g/mol. The highest BCUT2D eigenvalue weighted by Gasteiger charge is 2.50. The Balaban J connectivity index is 2.34. The Morgan fingerprint density at radius 3 is 3.05 bits per heavy atom. The molecule has 0 aromatic heterocycles. The Kier molecular flexibility index (Phi) is 4.67. The van der Waals surface area contributed by atoms with Crippen molar-refractivity contribution in [2.75, 3.05) is 20.3 Å². The van der Waals surface area contributed by atoms with Crippen molar-refractivity contribution >= 4 is 5.91 Å². The van der Waals surface area contributed by atoms with Crippen molar-refractivity contribution in [2.45, 2.75) is 32.6 Å². The highest BCUT2D eigenvalue weighted by atomic mass is 17.2. The molecule has 3 atom stereocenters. The van der Waals surface area contributed by atoms with Crippen molar-refractivity contribution in [3.05, 3.63) is 24.2 Å². The number of rotatable bonds is 5. The Bertz CT molecular complexity index is 464. The standard InChI is InChI=1S/C14H22N2O5/c1-9-7-16(10(2)15-12(9)18)13(21-19-4)14(3)5-6-20-11(14)8-17/h7,11,13,17H,2,5-6,8H2,1,3-4H3,(H,15,18)/t11-,13?,14+/m1/s1. The SMILES string of the molecule is C=C1NC(=O)C(C)=CN1C(OOC)[C@@]1(C)CCO[C@@H]1CO. The summed E-state index contributed by atoms with van der Waals surface area (Å²) in [7, 11) is 1.42. The summed E-state index contributed by atoms with van der Waals surface area (Å²) in [6, 6.07) is 0. The second kappa shape index (κ2) is 6.15. The molecule has 2 rings (SSSR count). The van der Waals surface area contributed by atoms with E-state index in [1.807, 2.05) is 6.92 Å². The second-order valence-electron chi connectivity index (χ2n) is 5.53. The maximum absolute atomic E-state index is 11.6. The summed E-state index contributed by atoms with van der Waals surface area (Å²) in [5.41, 5.74) is 0.0298. The van der Waals surface area contributed by atoms with Gasteiger partial charge in [0, 0.05) is 23.8 Å². The van der Waals surface area contributed by atoms with Gasteiger partial charge in [0.2, 0.25) is 0 Å². The first-order chi connectivity index (χ1) is 9.93. The fourth-order valence-electron chi connectivity index (χ4n) is 2.73. The van der Waals surface area contributed by atoms with Crippen molar-refractivity contribution in [2.24, 2.45) is 5.41 Å². The van der Waals surface area contributed by atoms with Crippen LogP contribution in [0.4, 0.5) is 0 Å². The molecule has 2 N–H and O–H groups in total. The van der Waals surface area contributed by atoms with E-state index in [4.69, 9.17) is 14.5 Å². The summed E-state index contributed by atoms with van der Waals surface area (Å²) in [6.45, 7) is 7.92. The number of nitrogens with one attached hydrogen (secondary N) is 1. The normalized spacial score (nSPS) is 31.1. The molecular formula is C14H22N2O5. The Morgan fingerprint density at radius 1 is 1.71 bits per heavy atom. The lowest BCUT2D eigenvalue weighted by molar-refractivity contribution is -0.354. The molecule has 2 aliphatic rings. The van der Waals surface area contributed by atoms with Crippen molar-refractivity contribution in [3.8, 4) is 0 Å². The summed E-state index contributed by atoms with van der Waals surface area (Å²) < 4.78 is 5.57. The molecule has 2 aliphatic heterocycles. The molecule has 0 bridgehead atoms. The summed E-state index contributed by atoms with van der Waals surface area (Å²) in [6.07, 6.45) is 1.40. The minimum Gasteiger partial charge on any atom is -0.394 e. The van der Waals surface area contributed by atoms with Crippen LogP contribution >= 0.6 is 0 Å². The van der Waals surface area contributed by atoms with Crippen LogP contribution in [0.1, 0.15) is 20.3 Å². The van der Waals surface area contributed by atoms with Gasteiger partial charge in [-0.2, -0.15) is 0 Å². The minimum absolute atomic E-state index is 0.116. The first kappa shape index (κ1) is 16.0. The van der Waals surface area contributed by atoms with Gasteiger partial charge in [-0.25, -0.2) is 9.78 Å². The molecule has 0 aromatic carbocycles. The van der Waals surface area contributed by atoms with E-state index in [9.17, 15) is 9.90 Å². The molecule has 1 unspecified atom stereocenters. The number of nitrogens with zero attached hydrogens (tertiary/aromatic N) is 1. The number of aliphatic hydroxyl groups excluding tert-OH is 1. The van der Waals surface area contributed by atoms with Gasteiger partial charge in [-0.3, -0.25) is 4.79 Å². The minimum atomic E-state index is -0.579. The predicted octanol–water partition coefficient (Wildman–Crippen LogP) is 0.485. The van der Waals surface area contributed by atoms with E-state index in [1.54, 1.807) is 18.0 Å². The average Bonchev–Trinajstić information content (AvgIpc) is 2.82. The van der Waals surface area contributed by atoms with Crippen LogP contribution in [0.5, 0.6) is 0 Å². The van der Waals surface area contributed by atoms with Crippen LogP contribution in [0.2, 0.25) is 0 Å². The molecule has 0 aromatic rings. The summed E-state index contributed by atoms with van der Waals surface area (Å²) in [5.74, 6) is 0.205. The lowest BCUT2D eigenvalue weighted by Gasteiger charge is -2.43. The van der Waals surface area contributed by atoms with Crippen molar-refractivity contribution in [3.63, 3.8) is 0 Å². The van der Waals surface area contributed by atoms with Gasteiger partial charge >= 0.3 is 0 Å². The largest absolute Gasteiger partial charge is 0.394 e. The molecule has 2 heterocycles. The van der Waals surface area contributed by atoms with E-state index >= 15 is 0 Å². The Morgan fingerprint density at radius 2 is 2.43 bits per heavy atom. The maximum atomic E-state index is 11.6. The van der Waals surface area contributed by atoms with Crippen LogP contribution in [0.25, 0.3) is 0 Å². The van der Waals surface area contributed by atoms with Crippen LogP contribution in [0, 0.1) is 5.41 Å². The van der Waals surface area contributed by atoms with Gasteiger partial charge in [0.05, 0.1) is 19.8 Å². The van der Waals surface area contributed by atoms with Gasteiger partial charge in [-0.15, -0.1) is 0 Å². The quantitative estimate of drug-likeness (QED) is 0.568. The van der Waals surface area contributed by atoms with E-state index in [1.165, 1.54) is 7.11 Å². The van der Waals surface area contributed by atoms with Crippen LogP contribution in [-0.2, 0) is 19.3 Å².